The summed E-state index contributed by atoms with van der Waals surface area (Å²) in [5.74, 6) is -2.14. The number of hydrogen-bond donors (Lipinski definition) is 0. The summed E-state index contributed by atoms with van der Waals surface area (Å²) in [6.07, 6.45) is -10.2. The Bertz CT molecular complexity index is 1750. The minimum absolute atomic E-state index is 0.140. The van der Waals surface area contributed by atoms with Crippen molar-refractivity contribution in [2.24, 2.45) is 4.99 Å². The fraction of sp³-hybridized carbons (Fsp3) is 0.125. The molecule has 5 rings (SSSR count). The van der Waals surface area contributed by atoms with E-state index in [0.717, 1.165) is 6.07 Å². The molecule has 0 N–H and O–H groups in total. The van der Waals surface area contributed by atoms with Crippen LogP contribution in [-0.2, 0) is 0 Å². The molecule has 8 heteroatoms. The minimum Gasteiger partial charge on any atom is -0.284 e. The second-order valence-electron chi connectivity index (χ2n) is 9.31. The Labute approximate surface area is 225 Å². The van der Waals surface area contributed by atoms with E-state index >= 15 is 0 Å². The number of ketones is 1. The van der Waals surface area contributed by atoms with Crippen LogP contribution in [-0.4, -0.2) is 23.8 Å². The molecule has 0 saturated heterocycles. The zero-order chi connectivity index (χ0) is 28.7. The van der Waals surface area contributed by atoms with Gasteiger partial charge in [-0.05, 0) is 40.1 Å². The first kappa shape index (κ1) is 27.1. The van der Waals surface area contributed by atoms with Gasteiger partial charge in [0.2, 0.25) is 0 Å². The number of alkyl halides is 6. The van der Waals surface area contributed by atoms with Crippen molar-refractivity contribution in [2.75, 3.05) is 0 Å². The number of halogens is 6. The molecule has 0 aliphatic heterocycles. The lowest BCUT2D eigenvalue weighted by Crippen LogP contribution is -2.26. The highest BCUT2D eigenvalue weighted by Gasteiger charge is 2.43. The standard InChI is InChI=1S/C32H21F6NO/c1-19(20-9-3-2-4-10-20)39-29(31(33,34)35)25-17-15-21-11-5-7-13-23(21)27(25)28-24-14-8-6-12-22(24)16-18-26(28)30(40)32(36,37)38/h2-19H,1H3/t19-/m1/s1. The smallest absolute Gasteiger partial charge is 0.284 e. The van der Waals surface area contributed by atoms with E-state index in [1.54, 1.807) is 66.7 Å². The molecule has 0 aromatic heterocycles. The zero-order valence-electron chi connectivity index (χ0n) is 21.0. The van der Waals surface area contributed by atoms with Gasteiger partial charge in [0, 0.05) is 22.3 Å². The topological polar surface area (TPSA) is 29.4 Å². The highest BCUT2D eigenvalue weighted by Crippen LogP contribution is 2.43. The molecule has 1 atom stereocenters. The van der Waals surface area contributed by atoms with Crippen LogP contribution in [0.15, 0.2) is 108 Å². The van der Waals surface area contributed by atoms with Crippen LogP contribution in [0, 0.1) is 0 Å². The Hall–Kier alpha value is -4.46. The van der Waals surface area contributed by atoms with Gasteiger partial charge in [-0.3, -0.25) is 9.79 Å². The van der Waals surface area contributed by atoms with E-state index in [4.69, 9.17) is 0 Å². The number of carbonyl (C=O) groups excluding carboxylic acids is 1. The number of nitrogens with zero attached hydrogens (tertiary/aromatic N) is 1. The van der Waals surface area contributed by atoms with E-state index in [9.17, 15) is 31.1 Å². The van der Waals surface area contributed by atoms with Crippen LogP contribution in [0.4, 0.5) is 26.3 Å². The Morgan fingerprint density at radius 3 is 1.60 bits per heavy atom. The molecule has 2 nitrogen and oxygen atoms in total. The molecule has 40 heavy (non-hydrogen) atoms. The van der Waals surface area contributed by atoms with Crippen LogP contribution < -0.4 is 0 Å². The fourth-order valence-corrected chi connectivity index (χ4v) is 4.92. The maximum absolute atomic E-state index is 14.8. The normalized spacial score (nSPS) is 13.5. The predicted octanol–water partition coefficient (Wildman–Crippen LogP) is 9.52. The molecule has 0 aliphatic rings. The Kier molecular flexibility index (Phi) is 6.96. The van der Waals surface area contributed by atoms with Gasteiger partial charge in [-0.15, -0.1) is 0 Å². The number of hydrogen-bond acceptors (Lipinski definition) is 2. The van der Waals surface area contributed by atoms with Crippen molar-refractivity contribution in [3.63, 3.8) is 0 Å². The van der Waals surface area contributed by atoms with Crippen molar-refractivity contribution >= 4 is 33.0 Å². The number of Topliss-reactive ketones (excluding diaryl/α,β-unsaturated/α-hetero) is 1. The Morgan fingerprint density at radius 1 is 0.600 bits per heavy atom. The molecule has 0 spiro atoms. The molecule has 5 aromatic carbocycles. The molecule has 0 bridgehead atoms. The summed E-state index contributed by atoms with van der Waals surface area (Å²) in [6, 6.07) is 25.3. The van der Waals surface area contributed by atoms with Gasteiger partial charge in [0.05, 0.1) is 6.04 Å². The van der Waals surface area contributed by atoms with Crippen molar-refractivity contribution in [1.29, 1.82) is 0 Å². The first-order valence-electron chi connectivity index (χ1n) is 12.3. The largest absolute Gasteiger partial charge is 0.454 e. The van der Waals surface area contributed by atoms with Crippen molar-refractivity contribution in [3.8, 4) is 11.1 Å². The van der Waals surface area contributed by atoms with Gasteiger partial charge in [0.25, 0.3) is 5.78 Å². The van der Waals surface area contributed by atoms with Gasteiger partial charge >= 0.3 is 12.4 Å². The number of benzene rings is 5. The quantitative estimate of drug-likeness (QED) is 0.122. The van der Waals surface area contributed by atoms with E-state index in [1.807, 2.05) is 0 Å². The van der Waals surface area contributed by atoms with E-state index in [2.05, 4.69) is 4.99 Å². The van der Waals surface area contributed by atoms with Crippen molar-refractivity contribution in [1.82, 2.24) is 0 Å². The lowest BCUT2D eigenvalue weighted by molar-refractivity contribution is -0.0884. The van der Waals surface area contributed by atoms with Crippen LogP contribution >= 0.6 is 0 Å². The third-order valence-electron chi connectivity index (χ3n) is 6.74. The number of carbonyl (C=O) groups is 1. The molecule has 0 saturated carbocycles. The average molecular weight is 550 g/mol. The summed E-state index contributed by atoms with van der Waals surface area (Å²) < 4.78 is 85.7. The molecule has 202 valence electrons. The molecule has 0 heterocycles. The van der Waals surface area contributed by atoms with Crippen molar-refractivity contribution in [2.45, 2.75) is 25.3 Å². The highest BCUT2D eigenvalue weighted by atomic mass is 19.4. The molecule has 0 fully saturated rings. The molecule has 0 radical (unpaired) electrons. The van der Waals surface area contributed by atoms with Gasteiger partial charge in [-0.1, -0.05) is 97.1 Å². The molecule has 0 aliphatic carbocycles. The fourth-order valence-electron chi connectivity index (χ4n) is 4.92. The van der Waals surface area contributed by atoms with E-state index in [-0.39, 0.29) is 21.9 Å². The summed E-state index contributed by atoms with van der Waals surface area (Å²) >= 11 is 0. The summed E-state index contributed by atoms with van der Waals surface area (Å²) in [5.41, 5.74) is -2.23. The van der Waals surface area contributed by atoms with Gasteiger partial charge in [0.15, 0.2) is 0 Å². The average Bonchev–Trinajstić information content (AvgIpc) is 2.93. The number of fused-ring (bicyclic) bond motifs is 2. The monoisotopic (exact) mass is 549 g/mol. The van der Waals surface area contributed by atoms with Crippen LogP contribution in [0.3, 0.4) is 0 Å². The predicted molar refractivity (Wildman–Crippen MR) is 145 cm³/mol. The molecule has 5 aromatic rings. The lowest BCUT2D eigenvalue weighted by atomic mass is 9.84. The second-order valence-corrected chi connectivity index (χ2v) is 9.31. The van der Waals surface area contributed by atoms with E-state index in [1.165, 1.54) is 37.3 Å². The number of aliphatic imine (C=N–C) groups is 1. The third-order valence-corrected chi connectivity index (χ3v) is 6.74. The first-order chi connectivity index (χ1) is 19.0. The Morgan fingerprint density at radius 2 is 1.07 bits per heavy atom. The van der Waals surface area contributed by atoms with Crippen molar-refractivity contribution < 1.29 is 31.1 Å². The maximum Gasteiger partial charge on any atom is 0.454 e. The molecular weight excluding hydrogens is 528 g/mol. The summed E-state index contributed by atoms with van der Waals surface area (Å²) in [5, 5.41) is 1.44. The third kappa shape index (κ3) is 5.09. The minimum atomic E-state index is -5.25. The van der Waals surface area contributed by atoms with Gasteiger partial charge in [-0.25, -0.2) is 0 Å². The Balaban J connectivity index is 1.93. The van der Waals surface area contributed by atoms with Crippen LogP contribution in [0.2, 0.25) is 0 Å². The van der Waals surface area contributed by atoms with Gasteiger partial charge < -0.3 is 0 Å². The van der Waals surface area contributed by atoms with Gasteiger partial charge in [0.1, 0.15) is 5.71 Å². The highest BCUT2D eigenvalue weighted by molar-refractivity contribution is 6.22. The summed E-state index contributed by atoms with van der Waals surface area (Å²) in [6.45, 7) is 1.51. The zero-order valence-corrected chi connectivity index (χ0v) is 21.0. The van der Waals surface area contributed by atoms with Crippen LogP contribution in [0.5, 0.6) is 0 Å². The SMILES string of the molecule is C[C@@H](N=C(c1ccc2ccccc2c1-c1c(C(=O)C(F)(F)F)ccc2ccccc12)C(F)(F)F)c1ccccc1. The van der Waals surface area contributed by atoms with E-state index in [0.29, 0.717) is 16.3 Å². The van der Waals surface area contributed by atoms with Crippen molar-refractivity contribution in [3.05, 3.63) is 120 Å². The molecule has 0 unspecified atom stereocenters. The van der Waals surface area contributed by atoms with Crippen LogP contribution in [0.25, 0.3) is 32.7 Å². The van der Waals surface area contributed by atoms with Gasteiger partial charge in [-0.2, -0.15) is 26.3 Å². The van der Waals surface area contributed by atoms with E-state index < -0.39 is 41.0 Å². The van der Waals surface area contributed by atoms with Crippen LogP contribution in [0.1, 0.15) is 34.5 Å². The summed E-state index contributed by atoms with van der Waals surface area (Å²) in [7, 11) is 0. The summed E-state index contributed by atoms with van der Waals surface area (Å²) in [4.78, 5) is 16.8. The lowest BCUT2D eigenvalue weighted by Gasteiger charge is -2.22. The first-order valence-corrected chi connectivity index (χ1v) is 12.3. The number of rotatable bonds is 5. The molecular formula is C32H21F6NO. The maximum atomic E-state index is 14.8. The second kappa shape index (κ2) is 10.3. The molecule has 0 amide bonds.